The molecule has 0 aliphatic heterocycles. The predicted molar refractivity (Wildman–Crippen MR) is 97.3 cm³/mol. The molecule has 1 heterocycles. The van der Waals surface area contributed by atoms with Gasteiger partial charge in [-0.3, -0.25) is 4.79 Å². The van der Waals surface area contributed by atoms with Gasteiger partial charge in [0.1, 0.15) is 11.2 Å². The van der Waals surface area contributed by atoms with Crippen LogP contribution in [0.25, 0.3) is 17.0 Å². The van der Waals surface area contributed by atoms with E-state index in [4.69, 9.17) is 14.3 Å². The normalized spacial score (nSPS) is 11.7. The van der Waals surface area contributed by atoms with Gasteiger partial charge < -0.3 is 19.6 Å². The zero-order valence-corrected chi connectivity index (χ0v) is 14.9. The van der Waals surface area contributed by atoms with E-state index in [0.717, 1.165) is 11.6 Å². The number of nitrogens with one attached hydrogen (secondary N) is 1. The second-order valence-electron chi connectivity index (χ2n) is 6.66. The predicted octanol–water partition coefficient (Wildman–Crippen LogP) is 3.42. The third-order valence-corrected chi connectivity index (χ3v) is 3.25. The van der Waals surface area contributed by atoms with Crippen LogP contribution in [0.5, 0.6) is 0 Å². The first-order valence-electron chi connectivity index (χ1n) is 8.10. The van der Waals surface area contributed by atoms with Crippen molar-refractivity contribution in [2.75, 3.05) is 6.54 Å². The summed E-state index contributed by atoms with van der Waals surface area (Å²) in [5.74, 6) is -1.68. The summed E-state index contributed by atoms with van der Waals surface area (Å²) in [7, 11) is 0. The summed E-state index contributed by atoms with van der Waals surface area (Å²) in [6, 6.07) is 5.87. The van der Waals surface area contributed by atoms with Crippen molar-refractivity contribution in [3.05, 3.63) is 51.9 Å². The standard InChI is InChI=1S/C19H21NO6/c1-19(2,3)26-18(24)20-9-5-4-6-12-7-8-15-13(10-12)14(21)11-16(25-15)17(22)23/h4,6-8,10-11H,5,9H2,1-3H3,(H,20,24)(H,22,23). The highest BCUT2D eigenvalue weighted by molar-refractivity contribution is 5.88. The van der Waals surface area contributed by atoms with E-state index in [9.17, 15) is 14.4 Å². The van der Waals surface area contributed by atoms with Crippen molar-refractivity contribution in [2.24, 2.45) is 0 Å². The maximum absolute atomic E-state index is 12.0. The molecule has 7 nitrogen and oxygen atoms in total. The highest BCUT2D eigenvalue weighted by Crippen LogP contribution is 2.16. The average molecular weight is 359 g/mol. The van der Waals surface area contributed by atoms with Crippen molar-refractivity contribution >= 4 is 29.1 Å². The van der Waals surface area contributed by atoms with Gasteiger partial charge in [-0.05, 0) is 44.9 Å². The molecule has 0 saturated carbocycles. The largest absolute Gasteiger partial charge is 0.475 e. The molecule has 2 N–H and O–H groups in total. The Morgan fingerprint density at radius 3 is 2.65 bits per heavy atom. The maximum Gasteiger partial charge on any atom is 0.407 e. The van der Waals surface area contributed by atoms with Gasteiger partial charge in [0.25, 0.3) is 0 Å². The van der Waals surface area contributed by atoms with E-state index >= 15 is 0 Å². The van der Waals surface area contributed by atoms with Crippen LogP contribution >= 0.6 is 0 Å². The third kappa shape index (κ3) is 5.47. The fraction of sp³-hybridized carbons (Fsp3) is 0.316. The zero-order valence-electron chi connectivity index (χ0n) is 14.9. The molecule has 0 aliphatic rings. The van der Waals surface area contributed by atoms with Gasteiger partial charge >= 0.3 is 12.1 Å². The molecule has 138 valence electrons. The van der Waals surface area contributed by atoms with Gasteiger partial charge in [-0.2, -0.15) is 0 Å². The van der Waals surface area contributed by atoms with Crippen LogP contribution in [0.1, 0.15) is 43.3 Å². The summed E-state index contributed by atoms with van der Waals surface area (Å²) in [6.45, 7) is 5.80. The molecule has 2 rings (SSSR count). The number of carboxylic acid groups (broad SMARTS) is 1. The van der Waals surface area contributed by atoms with Gasteiger partial charge in [0.15, 0.2) is 5.43 Å². The molecule has 0 saturated heterocycles. The highest BCUT2D eigenvalue weighted by atomic mass is 16.6. The monoisotopic (exact) mass is 359 g/mol. The summed E-state index contributed by atoms with van der Waals surface area (Å²) in [5, 5.41) is 11.9. The van der Waals surface area contributed by atoms with Crippen molar-refractivity contribution in [3.8, 4) is 0 Å². The zero-order chi connectivity index (χ0) is 19.3. The Balaban J connectivity index is 1.98. The van der Waals surface area contributed by atoms with E-state index in [-0.39, 0.29) is 11.3 Å². The van der Waals surface area contributed by atoms with E-state index in [0.29, 0.717) is 18.4 Å². The molecule has 2 aromatic rings. The Morgan fingerprint density at radius 1 is 1.27 bits per heavy atom. The minimum atomic E-state index is -1.29. The van der Waals surface area contributed by atoms with Crippen LogP contribution in [0, 0.1) is 0 Å². The molecular weight excluding hydrogens is 338 g/mol. The Kier molecular flexibility index (Phi) is 5.82. The number of carboxylic acids is 1. The second-order valence-corrected chi connectivity index (χ2v) is 6.66. The molecule has 0 spiro atoms. The lowest BCUT2D eigenvalue weighted by Crippen LogP contribution is -2.32. The van der Waals surface area contributed by atoms with Gasteiger partial charge in [-0.15, -0.1) is 0 Å². The Morgan fingerprint density at radius 2 is 2.00 bits per heavy atom. The molecule has 0 atom stereocenters. The van der Waals surface area contributed by atoms with Gasteiger partial charge in [-0.25, -0.2) is 9.59 Å². The Labute approximate surface area is 150 Å². The van der Waals surface area contributed by atoms with E-state index in [2.05, 4.69) is 5.32 Å². The first-order chi connectivity index (χ1) is 12.2. The second kappa shape index (κ2) is 7.86. The lowest BCUT2D eigenvalue weighted by atomic mass is 10.1. The lowest BCUT2D eigenvalue weighted by Gasteiger charge is -2.19. The molecule has 1 aromatic heterocycles. The fourth-order valence-corrected chi connectivity index (χ4v) is 2.17. The average Bonchev–Trinajstić information content (AvgIpc) is 2.53. The van der Waals surface area contributed by atoms with Gasteiger partial charge in [0, 0.05) is 12.6 Å². The summed E-state index contributed by atoms with van der Waals surface area (Å²) in [6.07, 6.45) is 3.78. The molecular formula is C19H21NO6. The maximum atomic E-state index is 12.0. The smallest absolute Gasteiger partial charge is 0.407 e. The quantitative estimate of drug-likeness (QED) is 0.793. The number of aromatic carboxylic acids is 1. The van der Waals surface area contributed by atoms with Crippen molar-refractivity contribution in [1.82, 2.24) is 5.32 Å². The van der Waals surface area contributed by atoms with Crippen LogP contribution in [0.3, 0.4) is 0 Å². The molecule has 0 unspecified atom stereocenters. The molecule has 26 heavy (non-hydrogen) atoms. The molecule has 1 aromatic carbocycles. The van der Waals surface area contributed by atoms with Crippen LogP contribution in [-0.4, -0.2) is 29.3 Å². The Bertz CT molecular complexity index is 904. The summed E-state index contributed by atoms with van der Waals surface area (Å²) in [4.78, 5) is 34.4. The van der Waals surface area contributed by atoms with E-state index < -0.39 is 23.1 Å². The number of fused-ring (bicyclic) bond motifs is 1. The number of hydrogen-bond donors (Lipinski definition) is 2. The van der Waals surface area contributed by atoms with E-state index in [1.807, 2.05) is 6.08 Å². The molecule has 0 radical (unpaired) electrons. The number of rotatable bonds is 5. The van der Waals surface area contributed by atoms with Crippen LogP contribution < -0.4 is 10.7 Å². The minimum absolute atomic E-state index is 0.221. The summed E-state index contributed by atoms with van der Waals surface area (Å²) >= 11 is 0. The molecule has 0 aliphatic carbocycles. The molecule has 1 amide bonds. The fourth-order valence-electron chi connectivity index (χ4n) is 2.17. The molecule has 0 fully saturated rings. The van der Waals surface area contributed by atoms with Crippen molar-refractivity contribution < 1.29 is 23.8 Å². The summed E-state index contributed by atoms with van der Waals surface area (Å²) < 4.78 is 10.3. The van der Waals surface area contributed by atoms with Crippen molar-refractivity contribution in [2.45, 2.75) is 32.8 Å². The van der Waals surface area contributed by atoms with Gasteiger partial charge in [0.05, 0.1) is 5.39 Å². The van der Waals surface area contributed by atoms with E-state index in [1.54, 1.807) is 45.0 Å². The Hall–Kier alpha value is -3.09. The topological polar surface area (TPSA) is 106 Å². The third-order valence-electron chi connectivity index (χ3n) is 3.25. The van der Waals surface area contributed by atoms with Gasteiger partial charge in [-0.1, -0.05) is 18.2 Å². The van der Waals surface area contributed by atoms with E-state index in [1.165, 1.54) is 0 Å². The SMILES string of the molecule is CC(C)(C)OC(=O)NCCC=Cc1ccc2oc(C(=O)O)cc(=O)c2c1. The molecule has 0 bridgehead atoms. The summed E-state index contributed by atoms with van der Waals surface area (Å²) in [5.41, 5.74) is 0.0429. The first-order valence-corrected chi connectivity index (χ1v) is 8.10. The van der Waals surface area contributed by atoms with Crippen LogP contribution in [0.2, 0.25) is 0 Å². The highest BCUT2D eigenvalue weighted by Gasteiger charge is 2.15. The number of alkyl carbamates (subject to hydrolysis) is 1. The van der Waals surface area contributed by atoms with Crippen LogP contribution in [0.4, 0.5) is 4.79 Å². The minimum Gasteiger partial charge on any atom is -0.475 e. The number of hydrogen-bond acceptors (Lipinski definition) is 5. The number of amides is 1. The van der Waals surface area contributed by atoms with Crippen LogP contribution in [-0.2, 0) is 4.74 Å². The van der Waals surface area contributed by atoms with Gasteiger partial charge in [0.2, 0.25) is 5.76 Å². The van der Waals surface area contributed by atoms with Crippen molar-refractivity contribution in [3.63, 3.8) is 0 Å². The number of ether oxygens (including phenoxy) is 1. The lowest BCUT2D eigenvalue weighted by molar-refractivity contribution is 0.0528. The first kappa shape index (κ1) is 19.2. The van der Waals surface area contributed by atoms with Crippen molar-refractivity contribution in [1.29, 1.82) is 0 Å². The number of benzene rings is 1. The van der Waals surface area contributed by atoms with Crippen LogP contribution in [0.15, 0.2) is 39.6 Å². The number of carbonyl (C=O) groups excluding carboxylic acids is 1. The molecule has 7 heteroatoms. The number of carbonyl (C=O) groups is 2.